The second-order valence-electron chi connectivity index (χ2n) is 6.83. The van der Waals surface area contributed by atoms with E-state index in [-0.39, 0.29) is 11.8 Å². The zero-order valence-electron chi connectivity index (χ0n) is 15.6. The molecule has 2 atom stereocenters. The van der Waals surface area contributed by atoms with Crippen molar-refractivity contribution in [2.75, 3.05) is 26.7 Å². The Morgan fingerprint density at radius 3 is 2.68 bits per heavy atom. The summed E-state index contributed by atoms with van der Waals surface area (Å²) in [5, 5.41) is 2.87. The van der Waals surface area contributed by atoms with Gasteiger partial charge in [-0.1, -0.05) is 25.8 Å². The van der Waals surface area contributed by atoms with Crippen LogP contribution in [0.25, 0.3) is 0 Å². The van der Waals surface area contributed by atoms with Crippen LogP contribution >= 0.6 is 0 Å². The highest BCUT2D eigenvalue weighted by atomic mass is 16.5. The number of ether oxygens (including phenoxy) is 1. The average Bonchev–Trinajstić information content (AvgIpc) is 2.65. The molecule has 1 N–H and O–H groups in total. The highest BCUT2D eigenvalue weighted by molar-refractivity contribution is 5.99. The van der Waals surface area contributed by atoms with Crippen LogP contribution in [0.2, 0.25) is 0 Å². The molecule has 0 saturated heterocycles. The second kappa shape index (κ2) is 9.56. The fourth-order valence-electron chi connectivity index (χ4n) is 3.16. The first-order valence-corrected chi connectivity index (χ1v) is 9.28. The van der Waals surface area contributed by atoms with Crippen LogP contribution in [-0.4, -0.2) is 49.6 Å². The van der Waals surface area contributed by atoms with E-state index in [1.54, 1.807) is 36.2 Å². The van der Waals surface area contributed by atoms with Crippen LogP contribution in [0, 0.1) is 5.92 Å². The highest BCUT2D eigenvalue weighted by Gasteiger charge is 2.21. The van der Waals surface area contributed by atoms with Crippen molar-refractivity contribution >= 4 is 11.8 Å². The predicted molar refractivity (Wildman–Crippen MR) is 98.8 cm³/mol. The van der Waals surface area contributed by atoms with Gasteiger partial charge in [0, 0.05) is 31.3 Å². The lowest BCUT2D eigenvalue weighted by Gasteiger charge is -2.28. The van der Waals surface area contributed by atoms with Gasteiger partial charge in [0.05, 0.1) is 12.7 Å². The first-order chi connectivity index (χ1) is 12.0. The normalized spacial score (nSPS) is 20.1. The van der Waals surface area contributed by atoms with Crippen molar-refractivity contribution in [1.29, 1.82) is 0 Å². The molecule has 0 aliphatic heterocycles. The number of carbonyl (C=O) groups is 2. The number of amides is 2. The molecule has 25 heavy (non-hydrogen) atoms. The topological polar surface area (TPSA) is 58.6 Å². The molecule has 5 heteroatoms. The van der Waals surface area contributed by atoms with E-state index in [9.17, 15) is 9.59 Å². The second-order valence-corrected chi connectivity index (χ2v) is 6.83. The maximum Gasteiger partial charge on any atom is 0.253 e. The van der Waals surface area contributed by atoms with Crippen molar-refractivity contribution < 1.29 is 14.3 Å². The van der Waals surface area contributed by atoms with E-state index in [2.05, 4.69) is 12.2 Å². The van der Waals surface area contributed by atoms with Gasteiger partial charge in [0.1, 0.15) is 0 Å². The Balaban J connectivity index is 1.81. The Kier molecular flexibility index (Phi) is 7.44. The Labute approximate surface area is 150 Å². The Morgan fingerprint density at radius 1 is 1.24 bits per heavy atom. The SMILES string of the molecule is CCN(C)C(=O)c1cccc(C(=O)NCCO[C@@H]2CCCC[C@@H]2C)c1. The van der Waals surface area contributed by atoms with E-state index in [0.717, 1.165) is 6.42 Å². The lowest BCUT2D eigenvalue weighted by Crippen LogP contribution is -2.32. The minimum Gasteiger partial charge on any atom is -0.376 e. The number of benzene rings is 1. The minimum absolute atomic E-state index is 0.0771. The highest BCUT2D eigenvalue weighted by Crippen LogP contribution is 2.25. The fourth-order valence-corrected chi connectivity index (χ4v) is 3.16. The molecular weight excluding hydrogens is 316 g/mol. The molecule has 0 spiro atoms. The molecule has 1 aliphatic rings. The van der Waals surface area contributed by atoms with E-state index >= 15 is 0 Å². The summed E-state index contributed by atoms with van der Waals surface area (Å²) in [6.45, 7) is 5.79. The maximum atomic E-state index is 12.3. The third kappa shape index (κ3) is 5.56. The molecule has 1 aromatic rings. The molecule has 0 radical (unpaired) electrons. The third-order valence-corrected chi connectivity index (χ3v) is 4.95. The predicted octanol–water partition coefficient (Wildman–Crippen LogP) is 3.10. The van der Waals surface area contributed by atoms with Gasteiger partial charge in [-0.3, -0.25) is 9.59 Å². The van der Waals surface area contributed by atoms with Gasteiger partial charge in [0.15, 0.2) is 0 Å². The summed E-state index contributed by atoms with van der Waals surface area (Å²) in [5.41, 5.74) is 1.03. The van der Waals surface area contributed by atoms with Crippen LogP contribution in [0.3, 0.4) is 0 Å². The van der Waals surface area contributed by atoms with Gasteiger partial charge in [0.2, 0.25) is 0 Å². The molecule has 5 nitrogen and oxygen atoms in total. The standard InChI is InChI=1S/C20H30N2O3/c1-4-22(3)20(24)17-10-7-9-16(14-17)19(23)21-12-13-25-18-11-6-5-8-15(18)2/h7,9-10,14-15,18H,4-6,8,11-13H2,1-3H3,(H,21,23)/t15-,18+/m0/s1. The van der Waals surface area contributed by atoms with Gasteiger partial charge >= 0.3 is 0 Å². The third-order valence-electron chi connectivity index (χ3n) is 4.95. The first kappa shape index (κ1) is 19.4. The van der Waals surface area contributed by atoms with Gasteiger partial charge < -0.3 is 15.0 Å². The molecular formula is C20H30N2O3. The van der Waals surface area contributed by atoms with Crippen molar-refractivity contribution in [3.63, 3.8) is 0 Å². The number of hydrogen-bond acceptors (Lipinski definition) is 3. The number of carbonyl (C=O) groups excluding carboxylic acids is 2. The van der Waals surface area contributed by atoms with E-state index in [1.807, 2.05) is 6.92 Å². The van der Waals surface area contributed by atoms with E-state index in [1.165, 1.54) is 19.3 Å². The molecule has 0 unspecified atom stereocenters. The summed E-state index contributed by atoms with van der Waals surface area (Å²) in [7, 11) is 1.75. The van der Waals surface area contributed by atoms with Crippen LogP contribution < -0.4 is 5.32 Å². The van der Waals surface area contributed by atoms with Gasteiger partial charge in [-0.2, -0.15) is 0 Å². The molecule has 0 bridgehead atoms. The van der Waals surface area contributed by atoms with Crippen molar-refractivity contribution in [2.45, 2.75) is 45.6 Å². The van der Waals surface area contributed by atoms with Crippen LogP contribution in [0.4, 0.5) is 0 Å². The van der Waals surface area contributed by atoms with Crippen LogP contribution in [-0.2, 0) is 4.74 Å². The molecule has 1 saturated carbocycles. The molecule has 2 rings (SSSR count). The molecule has 0 aromatic heterocycles. The monoisotopic (exact) mass is 346 g/mol. The Hall–Kier alpha value is -1.88. The van der Waals surface area contributed by atoms with E-state index < -0.39 is 0 Å². The Morgan fingerprint density at radius 2 is 1.96 bits per heavy atom. The molecule has 0 heterocycles. The van der Waals surface area contributed by atoms with Gasteiger partial charge in [-0.15, -0.1) is 0 Å². The minimum atomic E-state index is -0.172. The quantitative estimate of drug-likeness (QED) is 0.772. The van der Waals surface area contributed by atoms with Crippen molar-refractivity contribution in [3.8, 4) is 0 Å². The van der Waals surface area contributed by atoms with Gasteiger partial charge in [0.25, 0.3) is 11.8 Å². The maximum absolute atomic E-state index is 12.3. The van der Waals surface area contributed by atoms with Crippen molar-refractivity contribution in [1.82, 2.24) is 10.2 Å². The van der Waals surface area contributed by atoms with E-state index in [0.29, 0.717) is 42.8 Å². The summed E-state index contributed by atoms with van der Waals surface area (Å²) in [6, 6.07) is 6.85. The summed E-state index contributed by atoms with van der Waals surface area (Å²) < 4.78 is 5.91. The summed E-state index contributed by atoms with van der Waals surface area (Å²) in [4.78, 5) is 26.1. The summed E-state index contributed by atoms with van der Waals surface area (Å²) in [5.74, 6) is 0.351. The summed E-state index contributed by atoms with van der Waals surface area (Å²) in [6.07, 6.45) is 5.18. The van der Waals surface area contributed by atoms with Crippen molar-refractivity contribution in [2.24, 2.45) is 5.92 Å². The molecule has 138 valence electrons. The van der Waals surface area contributed by atoms with E-state index in [4.69, 9.17) is 4.74 Å². The van der Waals surface area contributed by atoms with Crippen LogP contribution in [0.5, 0.6) is 0 Å². The average molecular weight is 346 g/mol. The zero-order chi connectivity index (χ0) is 18.2. The van der Waals surface area contributed by atoms with Crippen LogP contribution in [0.1, 0.15) is 60.2 Å². The largest absolute Gasteiger partial charge is 0.376 e. The van der Waals surface area contributed by atoms with Crippen LogP contribution in [0.15, 0.2) is 24.3 Å². The Bertz CT molecular complexity index is 588. The number of nitrogens with one attached hydrogen (secondary N) is 1. The number of rotatable bonds is 7. The fraction of sp³-hybridized carbons (Fsp3) is 0.600. The number of nitrogens with zero attached hydrogens (tertiary/aromatic N) is 1. The summed E-state index contributed by atoms with van der Waals surface area (Å²) >= 11 is 0. The van der Waals surface area contributed by atoms with Gasteiger partial charge in [-0.05, 0) is 43.9 Å². The molecule has 1 fully saturated rings. The zero-order valence-corrected chi connectivity index (χ0v) is 15.6. The molecule has 2 amide bonds. The lowest BCUT2D eigenvalue weighted by molar-refractivity contribution is -0.00293. The van der Waals surface area contributed by atoms with Gasteiger partial charge in [-0.25, -0.2) is 0 Å². The molecule has 1 aliphatic carbocycles. The van der Waals surface area contributed by atoms with Crippen molar-refractivity contribution in [3.05, 3.63) is 35.4 Å². The number of hydrogen-bond donors (Lipinski definition) is 1. The smallest absolute Gasteiger partial charge is 0.253 e. The molecule has 1 aromatic carbocycles. The lowest BCUT2D eigenvalue weighted by atomic mass is 9.88. The first-order valence-electron chi connectivity index (χ1n) is 9.28.